The molecule has 2 aromatic carbocycles. The fraction of sp³-hybridized carbons (Fsp3) is 0.304. The molecule has 186 valence electrons. The van der Waals surface area contributed by atoms with Crippen LogP contribution >= 0.6 is 58.0 Å². The third-order valence-corrected chi connectivity index (χ3v) is 7.51. The molecule has 1 aliphatic rings. The molecule has 0 bridgehead atoms. The van der Waals surface area contributed by atoms with Crippen molar-refractivity contribution in [3.8, 4) is 0 Å². The van der Waals surface area contributed by atoms with E-state index in [2.05, 4.69) is 5.32 Å². The number of amides is 3. The molecule has 0 radical (unpaired) electrons. The zero-order valence-corrected chi connectivity index (χ0v) is 22.5. The third kappa shape index (κ3) is 5.39. The molecule has 35 heavy (non-hydrogen) atoms. The highest BCUT2D eigenvalue weighted by Crippen LogP contribution is 2.45. The molecule has 0 spiro atoms. The van der Waals surface area contributed by atoms with E-state index < -0.39 is 36.3 Å². The van der Waals surface area contributed by atoms with E-state index in [0.717, 1.165) is 4.90 Å². The van der Waals surface area contributed by atoms with Crippen molar-refractivity contribution in [2.45, 2.75) is 33.2 Å². The second-order valence-electron chi connectivity index (χ2n) is 8.20. The van der Waals surface area contributed by atoms with Crippen LogP contribution in [-0.4, -0.2) is 41.2 Å². The number of benzene rings is 2. The third-order valence-electron chi connectivity index (χ3n) is 5.30. The van der Waals surface area contributed by atoms with Gasteiger partial charge in [0.05, 0.1) is 31.2 Å². The lowest BCUT2D eigenvalue weighted by molar-refractivity contribution is -0.151. The van der Waals surface area contributed by atoms with Crippen LogP contribution < -0.4 is 5.32 Å². The van der Waals surface area contributed by atoms with Gasteiger partial charge in [0.15, 0.2) is 6.61 Å². The predicted molar refractivity (Wildman–Crippen MR) is 136 cm³/mol. The fourth-order valence-corrected chi connectivity index (χ4v) is 4.75. The lowest BCUT2D eigenvalue weighted by Gasteiger charge is -2.26. The maximum Gasteiger partial charge on any atom is 0.329 e. The van der Waals surface area contributed by atoms with Crippen molar-refractivity contribution in [2.75, 3.05) is 11.9 Å². The van der Waals surface area contributed by atoms with Gasteiger partial charge in [-0.15, -0.1) is 0 Å². The molecule has 0 aliphatic carbocycles. The van der Waals surface area contributed by atoms with Gasteiger partial charge in [-0.3, -0.25) is 19.3 Å². The second kappa shape index (κ2) is 10.9. The number of carbonyl (C=O) groups excluding carboxylic acids is 4. The minimum atomic E-state index is -1.34. The number of carbonyl (C=O) groups is 4. The molecule has 12 heteroatoms. The fourth-order valence-electron chi connectivity index (χ4n) is 3.57. The Labute approximate surface area is 226 Å². The molecular formula is C23H19Cl5N2O5. The largest absolute Gasteiger partial charge is 0.454 e. The van der Waals surface area contributed by atoms with Crippen molar-refractivity contribution in [1.82, 2.24) is 4.90 Å². The van der Waals surface area contributed by atoms with Crippen LogP contribution in [0.2, 0.25) is 25.1 Å². The molecule has 1 heterocycles. The normalized spacial score (nSPS) is 13.8. The van der Waals surface area contributed by atoms with Gasteiger partial charge >= 0.3 is 5.97 Å². The van der Waals surface area contributed by atoms with Crippen LogP contribution in [0, 0.1) is 12.8 Å². The van der Waals surface area contributed by atoms with Gasteiger partial charge in [0, 0.05) is 10.7 Å². The lowest BCUT2D eigenvalue weighted by Crippen LogP contribution is -2.47. The monoisotopic (exact) mass is 578 g/mol. The van der Waals surface area contributed by atoms with Crippen molar-refractivity contribution in [3.05, 3.63) is 60.0 Å². The molecular weight excluding hydrogens is 562 g/mol. The molecule has 0 fully saturated rings. The summed E-state index contributed by atoms with van der Waals surface area (Å²) in [6.45, 7) is 4.66. The Morgan fingerprint density at radius 3 is 2.00 bits per heavy atom. The molecule has 0 aromatic heterocycles. The Balaban J connectivity index is 1.83. The van der Waals surface area contributed by atoms with Crippen LogP contribution in [0.15, 0.2) is 18.2 Å². The Kier molecular flexibility index (Phi) is 8.60. The number of halogens is 5. The van der Waals surface area contributed by atoms with E-state index in [1.54, 1.807) is 39.0 Å². The van der Waals surface area contributed by atoms with E-state index in [9.17, 15) is 19.2 Å². The number of rotatable bonds is 7. The highest BCUT2D eigenvalue weighted by Gasteiger charge is 2.47. The van der Waals surface area contributed by atoms with Crippen molar-refractivity contribution in [2.24, 2.45) is 5.92 Å². The van der Waals surface area contributed by atoms with E-state index in [-0.39, 0.29) is 43.6 Å². The quantitative estimate of drug-likeness (QED) is 0.176. The summed E-state index contributed by atoms with van der Waals surface area (Å²) in [5.74, 6) is -3.43. The SMILES string of the molecule is Cc1c(Cl)cccc1NC(=O)COC(=O)[C@H](CC(C)C)N1C(=O)c2c(Cl)c(Cl)c(Cl)c(Cl)c2C1=O. The van der Waals surface area contributed by atoms with Gasteiger partial charge in [-0.1, -0.05) is 77.9 Å². The van der Waals surface area contributed by atoms with Crippen molar-refractivity contribution in [1.29, 1.82) is 0 Å². The Morgan fingerprint density at radius 1 is 0.943 bits per heavy atom. The topological polar surface area (TPSA) is 92.8 Å². The molecule has 1 aliphatic heterocycles. The minimum absolute atomic E-state index is 0.0655. The van der Waals surface area contributed by atoms with Gasteiger partial charge in [-0.05, 0) is 37.0 Å². The molecule has 3 rings (SSSR count). The van der Waals surface area contributed by atoms with E-state index in [4.69, 9.17) is 62.7 Å². The summed E-state index contributed by atoms with van der Waals surface area (Å²) < 4.78 is 5.18. The summed E-state index contributed by atoms with van der Waals surface area (Å²) >= 11 is 30.5. The summed E-state index contributed by atoms with van der Waals surface area (Å²) in [4.78, 5) is 52.5. The first-order valence-corrected chi connectivity index (χ1v) is 12.2. The number of hydrogen-bond acceptors (Lipinski definition) is 5. The van der Waals surface area contributed by atoms with E-state index in [1.807, 2.05) is 0 Å². The first-order chi connectivity index (χ1) is 16.4. The van der Waals surface area contributed by atoms with E-state index in [1.165, 1.54) is 0 Å². The van der Waals surface area contributed by atoms with Crippen LogP contribution in [0.3, 0.4) is 0 Å². The standard InChI is InChI=1S/C23H19Cl5N2O5/c1-9(2)7-13(23(34)35-8-14(31)29-12-6-4-5-11(24)10(12)3)30-21(32)15-16(22(30)33)18(26)20(28)19(27)17(15)25/h4-6,9,13H,7-8H2,1-3H3,(H,29,31)/t13-/m0/s1. The molecule has 1 N–H and O–H groups in total. The van der Waals surface area contributed by atoms with Crippen LogP contribution in [0.4, 0.5) is 5.69 Å². The number of ether oxygens (including phenoxy) is 1. The maximum atomic E-state index is 13.2. The van der Waals surface area contributed by atoms with Gasteiger partial charge in [0.1, 0.15) is 6.04 Å². The van der Waals surface area contributed by atoms with E-state index in [0.29, 0.717) is 16.3 Å². The summed E-state index contributed by atoms with van der Waals surface area (Å²) in [5.41, 5.74) is 0.609. The first kappa shape index (κ1) is 27.6. The van der Waals surface area contributed by atoms with Gasteiger partial charge < -0.3 is 10.1 Å². The van der Waals surface area contributed by atoms with Gasteiger partial charge in [-0.2, -0.15) is 0 Å². The minimum Gasteiger partial charge on any atom is -0.454 e. The van der Waals surface area contributed by atoms with Gasteiger partial charge in [0.2, 0.25) is 0 Å². The Hall–Kier alpha value is -2.03. The molecule has 7 nitrogen and oxygen atoms in total. The molecule has 1 atom stereocenters. The van der Waals surface area contributed by atoms with Crippen LogP contribution in [0.1, 0.15) is 46.5 Å². The summed E-state index contributed by atoms with van der Waals surface area (Å²) in [6.07, 6.45) is 0.0655. The van der Waals surface area contributed by atoms with Crippen LogP contribution in [-0.2, 0) is 14.3 Å². The number of esters is 1. The number of fused-ring (bicyclic) bond motifs is 1. The number of nitrogens with one attached hydrogen (secondary N) is 1. The zero-order valence-electron chi connectivity index (χ0n) is 18.7. The number of nitrogens with zero attached hydrogens (tertiary/aromatic N) is 1. The summed E-state index contributed by atoms with van der Waals surface area (Å²) in [6, 6.07) is 3.63. The lowest BCUT2D eigenvalue weighted by atomic mass is 10.0. The van der Waals surface area contributed by atoms with Crippen molar-refractivity contribution in [3.63, 3.8) is 0 Å². The molecule has 0 saturated heterocycles. The zero-order chi connectivity index (χ0) is 26.2. The first-order valence-electron chi connectivity index (χ1n) is 10.3. The van der Waals surface area contributed by atoms with E-state index >= 15 is 0 Å². The Bertz CT molecular complexity index is 1200. The summed E-state index contributed by atoms with van der Waals surface area (Å²) in [5, 5.41) is 2.20. The molecule has 2 aromatic rings. The molecule has 0 saturated carbocycles. The number of anilines is 1. The highest BCUT2D eigenvalue weighted by atomic mass is 35.5. The second-order valence-corrected chi connectivity index (χ2v) is 10.1. The molecule has 3 amide bonds. The summed E-state index contributed by atoms with van der Waals surface area (Å²) in [7, 11) is 0. The molecule has 0 unspecified atom stereocenters. The average molecular weight is 581 g/mol. The van der Waals surface area contributed by atoms with Crippen molar-refractivity contribution >= 4 is 87.4 Å². The predicted octanol–water partition coefficient (Wildman–Crippen LogP) is 6.45. The van der Waals surface area contributed by atoms with Gasteiger partial charge in [-0.25, -0.2) is 4.79 Å². The maximum absolute atomic E-state index is 13.2. The number of hydrogen-bond donors (Lipinski definition) is 1. The van der Waals surface area contributed by atoms with Gasteiger partial charge in [0.25, 0.3) is 17.7 Å². The van der Waals surface area contributed by atoms with Crippen LogP contribution in [0.25, 0.3) is 0 Å². The highest BCUT2D eigenvalue weighted by molar-refractivity contribution is 6.55. The van der Waals surface area contributed by atoms with Crippen LogP contribution in [0.5, 0.6) is 0 Å². The average Bonchev–Trinajstić information content (AvgIpc) is 3.06. The Morgan fingerprint density at radius 2 is 1.49 bits per heavy atom. The van der Waals surface area contributed by atoms with Crippen molar-refractivity contribution < 1.29 is 23.9 Å². The number of imide groups is 1. The smallest absolute Gasteiger partial charge is 0.329 e.